The lowest BCUT2D eigenvalue weighted by Crippen LogP contribution is -2.38. The summed E-state index contributed by atoms with van der Waals surface area (Å²) in [6.07, 6.45) is -17.8. The van der Waals surface area contributed by atoms with E-state index in [4.69, 9.17) is 0 Å². The predicted molar refractivity (Wildman–Crippen MR) is 31.1 cm³/mol. The van der Waals surface area contributed by atoms with Crippen LogP contribution in [0.3, 0.4) is 0 Å². The summed E-state index contributed by atoms with van der Waals surface area (Å²) < 4.78 is 103. The summed E-state index contributed by atoms with van der Waals surface area (Å²) in [5.41, 5.74) is 0. The Hall–Kier alpha value is -1.22. The Bertz CT molecular complexity index is 273. The van der Waals surface area contributed by atoms with Crippen LogP contribution in [0.15, 0.2) is 11.5 Å². The van der Waals surface area contributed by atoms with E-state index in [9.17, 15) is 35.1 Å². The number of ether oxygens (including phenoxy) is 2. The van der Waals surface area contributed by atoms with E-state index in [1.807, 2.05) is 0 Å². The molecule has 0 fully saturated rings. The van der Waals surface area contributed by atoms with Gasteiger partial charge in [0.05, 0.1) is 0 Å². The Labute approximate surface area is 82.4 Å². The molecular formula is C6H2F8O2. The lowest BCUT2D eigenvalue weighted by atomic mass is 10.3. The zero-order valence-electron chi connectivity index (χ0n) is 6.99. The van der Waals surface area contributed by atoms with E-state index in [2.05, 4.69) is 9.47 Å². The van der Waals surface area contributed by atoms with Gasteiger partial charge in [-0.1, -0.05) is 0 Å². The second-order valence-electron chi connectivity index (χ2n) is 2.59. The SMILES string of the molecule is F[C@H]1OC(C(F)(F)F)=C(C(F)(F)F)O[C@@H]1F. The van der Waals surface area contributed by atoms with E-state index < -0.39 is 36.6 Å². The van der Waals surface area contributed by atoms with Gasteiger partial charge in [0.2, 0.25) is 0 Å². The third-order valence-electron chi connectivity index (χ3n) is 1.39. The predicted octanol–water partition coefficient (Wildman–Crippen LogP) is 2.96. The Kier molecular flexibility index (Phi) is 2.94. The first kappa shape index (κ1) is 12.8. The summed E-state index contributed by atoms with van der Waals surface area (Å²) in [7, 11) is 0. The number of allylic oxidation sites excluding steroid dienone is 2. The zero-order valence-corrected chi connectivity index (χ0v) is 6.99. The monoisotopic (exact) mass is 258 g/mol. The first-order valence-corrected chi connectivity index (χ1v) is 3.53. The van der Waals surface area contributed by atoms with Gasteiger partial charge >= 0.3 is 25.1 Å². The molecule has 0 aromatic heterocycles. The first-order valence-electron chi connectivity index (χ1n) is 3.53. The number of alkyl halides is 8. The fraction of sp³-hybridized carbons (Fsp3) is 0.667. The molecule has 16 heavy (non-hydrogen) atoms. The van der Waals surface area contributed by atoms with Crippen molar-refractivity contribution in [3.8, 4) is 0 Å². The van der Waals surface area contributed by atoms with Gasteiger partial charge in [0, 0.05) is 0 Å². The lowest BCUT2D eigenvalue weighted by molar-refractivity contribution is -0.259. The van der Waals surface area contributed by atoms with Crippen molar-refractivity contribution in [1.82, 2.24) is 0 Å². The summed E-state index contributed by atoms with van der Waals surface area (Å²) >= 11 is 0. The molecule has 0 amide bonds. The van der Waals surface area contributed by atoms with Gasteiger partial charge in [-0.2, -0.15) is 35.1 Å². The van der Waals surface area contributed by atoms with E-state index in [1.54, 1.807) is 0 Å². The molecule has 0 spiro atoms. The van der Waals surface area contributed by atoms with Crippen molar-refractivity contribution >= 4 is 0 Å². The van der Waals surface area contributed by atoms with Gasteiger partial charge < -0.3 is 9.47 Å². The van der Waals surface area contributed by atoms with Crippen LogP contribution in [0, 0.1) is 0 Å². The van der Waals surface area contributed by atoms with Gasteiger partial charge in [0.1, 0.15) is 0 Å². The number of halogens is 8. The standard InChI is InChI=1S/C6H2F8O2/c7-3-4(8)16-2(6(12,13)14)1(15-3)5(9,10)11/h3-4H/t3-,4-/m0/s1. The molecule has 0 saturated carbocycles. The molecule has 1 aliphatic heterocycles. The third kappa shape index (κ3) is 2.47. The zero-order chi connectivity index (χ0) is 12.7. The molecule has 2 atom stereocenters. The molecule has 1 aliphatic rings. The van der Waals surface area contributed by atoms with Crippen molar-refractivity contribution in [2.45, 2.75) is 25.1 Å². The average Bonchev–Trinajstić information content (AvgIpc) is 2.05. The van der Waals surface area contributed by atoms with Gasteiger partial charge in [-0.3, -0.25) is 0 Å². The highest BCUT2D eigenvalue weighted by atomic mass is 19.4. The summed E-state index contributed by atoms with van der Waals surface area (Å²) in [6, 6.07) is 0. The Balaban J connectivity index is 3.20. The molecule has 0 N–H and O–H groups in total. The summed E-state index contributed by atoms with van der Waals surface area (Å²) in [4.78, 5) is 0. The van der Waals surface area contributed by atoms with Crippen LogP contribution in [-0.2, 0) is 9.47 Å². The number of hydrogen-bond acceptors (Lipinski definition) is 2. The van der Waals surface area contributed by atoms with Crippen molar-refractivity contribution in [3.63, 3.8) is 0 Å². The summed E-state index contributed by atoms with van der Waals surface area (Å²) in [6.45, 7) is 0. The Morgan fingerprint density at radius 2 is 0.938 bits per heavy atom. The van der Waals surface area contributed by atoms with E-state index in [0.29, 0.717) is 0 Å². The minimum atomic E-state index is -5.63. The molecule has 10 heteroatoms. The molecule has 0 aliphatic carbocycles. The molecule has 94 valence electrons. The van der Waals surface area contributed by atoms with Crippen LogP contribution in [0.5, 0.6) is 0 Å². The van der Waals surface area contributed by atoms with Crippen LogP contribution >= 0.6 is 0 Å². The van der Waals surface area contributed by atoms with Crippen LogP contribution in [0.4, 0.5) is 35.1 Å². The molecule has 0 aromatic rings. The molecule has 1 heterocycles. The van der Waals surface area contributed by atoms with Gasteiger partial charge in [-0.25, -0.2) is 0 Å². The van der Waals surface area contributed by atoms with Gasteiger partial charge in [-0.05, 0) is 0 Å². The number of rotatable bonds is 0. The van der Waals surface area contributed by atoms with E-state index >= 15 is 0 Å². The highest BCUT2D eigenvalue weighted by molar-refractivity contribution is 5.14. The van der Waals surface area contributed by atoms with Crippen LogP contribution in [-0.4, -0.2) is 25.1 Å². The maximum absolute atomic E-state index is 12.3. The molecule has 0 bridgehead atoms. The van der Waals surface area contributed by atoms with Crippen LogP contribution in [0.2, 0.25) is 0 Å². The molecule has 0 saturated heterocycles. The van der Waals surface area contributed by atoms with Gasteiger partial charge in [-0.15, -0.1) is 0 Å². The van der Waals surface area contributed by atoms with Crippen molar-refractivity contribution in [2.24, 2.45) is 0 Å². The fourth-order valence-corrected chi connectivity index (χ4v) is 0.830. The maximum Gasteiger partial charge on any atom is 0.452 e. The van der Waals surface area contributed by atoms with Crippen molar-refractivity contribution in [2.75, 3.05) is 0 Å². The van der Waals surface area contributed by atoms with Gasteiger partial charge in [0.25, 0.3) is 11.5 Å². The molecule has 0 radical (unpaired) electrons. The fourth-order valence-electron chi connectivity index (χ4n) is 0.830. The van der Waals surface area contributed by atoms with E-state index in [1.165, 1.54) is 0 Å². The largest absolute Gasteiger partial charge is 0.452 e. The summed E-state index contributed by atoms with van der Waals surface area (Å²) in [5, 5.41) is 0. The van der Waals surface area contributed by atoms with Crippen molar-refractivity contribution in [3.05, 3.63) is 11.5 Å². The summed E-state index contributed by atoms with van der Waals surface area (Å²) in [5.74, 6) is -5.47. The molecule has 0 aromatic carbocycles. The average molecular weight is 258 g/mol. The molecule has 2 nitrogen and oxygen atoms in total. The van der Waals surface area contributed by atoms with Gasteiger partial charge in [0.15, 0.2) is 0 Å². The highest BCUT2D eigenvalue weighted by Gasteiger charge is 2.55. The maximum atomic E-state index is 12.3. The smallest absolute Gasteiger partial charge is 0.445 e. The van der Waals surface area contributed by atoms with Crippen LogP contribution < -0.4 is 0 Å². The van der Waals surface area contributed by atoms with Crippen molar-refractivity contribution < 1.29 is 44.6 Å². The first-order chi connectivity index (χ1) is 7.03. The van der Waals surface area contributed by atoms with E-state index in [0.717, 1.165) is 0 Å². The third-order valence-corrected chi connectivity index (χ3v) is 1.39. The van der Waals surface area contributed by atoms with E-state index in [-0.39, 0.29) is 0 Å². The molecular weight excluding hydrogens is 256 g/mol. The minimum Gasteiger partial charge on any atom is -0.445 e. The highest BCUT2D eigenvalue weighted by Crippen LogP contribution is 2.42. The van der Waals surface area contributed by atoms with Crippen molar-refractivity contribution in [1.29, 1.82) is 0 Å². The Morgan fingerprint density at radius 1 is 0.688 bits per heavy atom. The quantitative estimate of drug-likeness (QED) is 0.622. The van der Waals surface area contributed by atoms with Crippen LogP contribution in [0.1, 0.15) is 0 Å². The molecule has 1 rings (SSSR count). The second-order valence-corrected chi connectivity index (χ2v) is 2.59. The van der Waals surface area contributed by atoms with Crippen LogP contribution in [0.25, 0.3) is 0 Å². The number of hydrogen-bond donors (Lipinski definition) is 0. The molecule has 0 unspecified atom stereocenters. The second kappa shape index (κ2) is 3.67. The normalized spacial score (nSPS) is 27.5. The minimum absolute atomic E-state index is 2.73. The topological polar surface area (TPSA) is 18.5 Å². The Morgan fingerprint density at radius 3 is 1.12 bits per heavy atom. The lowest BCUT2D eigenvalue weighted by Gasteiger charge is -2.28.